The third-order valence-electron chi connectivity index (χ3n) is 3.98. The summed E-state index contributed by atoms with van der Waals surface area (Å²) in [6.45, 7) is 2.25. The van der Waals surface area contributed by atoms with Crippen molar-refractivity contribution < 1.29 is 9.53 Å². The van der Waals surface area contributed by atoms with Gasteiger partial charge < -0.3 is 4.74 Å². The number of esters is 1. The molecule has 1 fully saturated rings. The van der Waals surface area contributed by atoms with Gasteiger partial charge in [-0.15, -0.1) is 0 Å². The Kier molecular flexibility index (Phi) is 10.3. The van der Waals surface area contributed by atoms with Crippen molar-refractivity contribution in [3.05, 3.63) is 12.2 Å². The highest BCUT2D eigenvalue weighted by molar-refractivity contribution is 5.69. The van der Waals surface area contributed by atoms with Crippen molar-refractivity contribution in [2.24, 2.45) is 0 Å². The summed E-state index contributed by atoms with van der Waals surface area (Å²) in [5, 5.41) is 0. The van der Waals surface area contributed by atoms with Crippen LogP contribution in [-0.2, 0) is 9.53 Å². The second kappa shape index (κ2) is 12.0. The van der Waals surface area contributed by atoms with Gasteiger partial charge in [0.15, 0.2) is 0 Å². The third-order valence-corrected chi connectivity index (χ3v) is 3.98. The zero-order chi connectivity index (χ0) is 14.5. The highest BCUT2D eigenvalue weighted by Crippen LogP contribution is 2.16. The van der Waals surface area contributed by atoms with Crippen molar-refractivity contribution in [1.29, 1.82) is 0 Å². The molecule has 0 spiro atoms. The smallest absolute Gasteiger partial charge is 0.306 e. The van der Waals surface area contributed by atoms with Gasteiger partial charge in [-0.3, -0.25) is 4.79 Å². The first kappa shape index (κ1) is 17.3. The van der Waals surface area contributed by atoms with E-state index < -0.39 is 0 Å². The largest absolute Gasteiger partial charge is 0.458 e. The van der Waals surface area contributed by atoms with Crippen molar-refractivity contribution in [2.75, 3.05) is 0 Å². The van der Waals surface area contributed by atoms with Gasteiger partial charge >= 0.3 is 5.97 Å². The van der Waals surface area contributed by atoms with Crippen LogP contribution in [0, 0.1) is 0 Å². The van der Waals surface area contributed by atoms with Crippen LogP contribution in [0.3, 0.4) is 0 Å². The summed E-state index contributed by atoms with van der Waals surface area (Å²) in [4.78, 5) is 11.6. The van der Waals surface area contributed by atoms with Gasteiger partial charge in [0.25, 0.3) is 0 Å². The van der Waals surface area contributed by atoms with Crippen LogP contribution in [0.2, 0.25) is 0 Å². The fourth-order valence-electron chi connectivity index (χ4n) is 2.68. The Balaban J connectivity index is 2.13. The number of allylic oxidation sites excluding steroid dienone is 1. The van der Waals surface area contributed by atoms with E-state index in [0.717, 1.165) is 19.3 Å². The summed E-state index contributed by atoms with van der Waals surface area (Å²) in [5.74, 6) is -0.0129. The van der Waals surface area contributed by atoms with Gasteiger partial charge in [-0.25, -0.2) is 0 Å². The fourth-order valence-corrected chi connectivity index (χ4v) is 2.68. The first-order valence-electron chi connectivity index (χ1n) is 8.69. The molecule has 0 aromatic heterocycles. The van der Waals surface area contributed by atoms with E-state index in [1.54, 1.807) is 0 Å². The SMILES string of the molecule is CCCCCCCC/C=C/[C@@H]1CCCCCCC(=O)O1. The molecule has 0 bridgehead atoms. The first-order chi connectivity index (χ1) is 9.83. The molecule has 0 aromatic rings. The van der Waals surface area contributed by atoms with E-state index in [1.165, 1.54) is 57.8 Å². The Bertz CT molecular complexity index is 271. The number of hydrogen-bond donors (Lipinski definition) is 0. The summed E-state index contributed by atoms with van der Waals surface area (Å²) >= 11 is 0. The van der Waals surface area contributed by atoms with E-state index in [9.17, 15) is 4.79 Å². The summed E-state index contributed by atoms with van der Waals surface area (Å²) in [7, 11) is 0. The van der Waals surface area contributed by atoms with Crippen LogP contribution in [0.1, 0.15) is 90.4 Å². The molecule has 20 heavy (non-hydrogen) atoms. The molecule has 0 radical (unpaired) electrons. The highest BCUT2D eigenvalue weighted by atomic mass is 16.5. The van der Waals surface area contributed by atoms with E-state index in [2.05, 4.69) is 19.1 Å². The molecular formula is C18H32O2. The molecule has 1 aliphatic rings. The van der Waals surface area contributed by atoms with Gasteiger partial charge in [-0.1, -0.05) is 57.9 Å². The summed E-state index contributed by atoms with van der Waals surface area (Å²) in [6.07, 6.45) is 19.7. The Hall–Kier alpha value is -0.790. The van der Waals surface area contributed by atoms with Gasteiger partial charge in [0.05, 0.1) is 0 Å². The van der Waals surface area contributed by atoms with Crippen molar-refractivity contribution >= 4 is 5.97 Å². The second-order valence-electron chi connectivity index (χ2n) is 5.97. The van der Waals surface area contributed by atoms with Crippen LogP contribution < -0.4 is 0 Å². The second-order valence-corrected chi connectivity index (χ2v) is 5.97. The zero-order valence-corrected chi connectivity index (χ0v) is 13.2. The maximum Gasteiger partial charge on any atom is 0.306 e. The average molecular weight is 280 g/mol. The number of carbonyl (C=O) groups is 1. The van der Waals surface area contributed by atoms with Crippen molar-refractivity contribution in [1.82, 2.24) is 0 Å². The Labute approximate surface area is 125 Å². The molecule has 1 atom stereocenters. The normalized spacial score (nSPS) is 21.2. The maximum atomic E-state index is 11.6. The number of rotatable bonds is 8. The number of cyclic esters (lactones) is 1. The quantitative estimate of drug-likeness (QED) is 0.330. The average Bonchev–Trinajstić information content (AvgIpc) is 2.54. The van der Waals surface area contributed by atoms with E-state index >= 15 is 0 Å². The lowest BCUT2D eigenvalue weighted by Gasteiger charge is -2.12. The van der Waals surface area contributed by atoms with Gasteiger partial charge in [-0.05, 0) is 38.2 Å². The summed E-state index contributed by atoms with van der Waals surface area (Å²) < 4.78 is 5.51. The van der Waals surface area contributed by atoms with Crippen LogP contribution in [0.25, 0.3) is 0 Å². The minimum Gasteiger partial charge on any atom is -0.458 e. The van der Waals surface area contributed by atoms with Crippen LogP contribution in [0.15, 0.2) is 12.2 Å². The fraction of sp³-hybridized carbons (Fsp3) is 0.833. The van der Waals surface area contributed by atoms with Gasteiger partial charge in [0, 0.05) is 6.42 Å². The Morgan fingerprint density at radius 1 is 1.05 bits per heavy atom. The van der Waals surface area contributed by atoms with Crippen LogP contribution >= 0.6 is 0 Å². The molecule has 0 aromatic carbocycles. The van der Waals surface area contributed by atoms with Crippen LogP contribution in [-0.4, -0.2) is 12.1 Å². The topological polar surface area (TPSA) is 26.3 Å². The Morgan fingerprint density at radius 3 is 2.65 bits per heavy atom. The number of carbonyl (C=O) groups excluding carboxylic acids is 1. The minimum absolute atomic E-state index is 0.0129. The predicted octanol–water partition coefficient (Wildman–Crippen LogP) is 5.56. The molecule has 1 heterocycles. The van der Waals surface area contributed by atoms with E-state index in [-0.39, 0.29) is 12.1 Å². The molecule has 0 N–H and O–H groups in total. The monoisotopic (exact) mass is 280 g/mol. The number of ether oxygens (including phenoxy) is 1. The third kappa shape index (κ3) is 9.17. The molecule has 0 saturated carbocycles. The van der Waals surface area contributed by atoms with Gasteiger partial charge in [0.1, 0.15) is 6.10 Å². The molecule has 1 saturated heterocycles. The van der Waals surface area contributed by atoms with Crippen molar-refractivity contribution in [2.45, 2.75) is 96.5 Å². The van der Waals surface area contributed by atoms with E-state index in [0.29, 0.717) is 6.42 Å². The molecule has 0 unspecified atom stereocenters. The van der Waals surface area contributed by atoms with E-state index in [1.807, 2.05) is 0 Å². The van der Waals surface area contributed by atoms with Crippen LogP contribution in [0.5, 0.6) is 0 Å². The molecular weight excluding hydrogens is 248 g/mol. The summed E-state index contributed by atoms with van der Waals surface area (Å²) in [6, 6.07) is 0. The lowest BCUT2D eigenvalue weighted by atomic mass is 10.1. The standard InChI is InChI=1S/C18H32O2/c1-2-3-4-5-6-7-8-11-14-17-15-12-9-10-13-16-18(19)20-17/h11,14,17H,2-10,12-13,15-16H2,1H3/b14-11+/t17-/m1/s1. The first-order valence-corrected chi connectivity index (χ1v) is 8.69. The van der Waals surface area contributed by atoms with Gasteiger partial charge in [-0.2, -0.15) is 0 Å². The summed E-state index contributed by atoms with van der Waals surface area (Å²) in [5.41, 5.74) is 0. The molecule has 1 aliphatic heterocycles. The molecule has 2 heteroatoms. The molecule has 0 amide bonds. The molecule has 2 nitrogen and oxygen atoms in total. The number of hydrogen-bond acceptors (Lipinski definition) is 2. The lowest BCUT2D eigenvalue weighted by molar-refractivity contribution is -0.147. The van der Waals surface area contributed by atoms with E-state index in [4.69, 9.17) is 4.74 Å². The zero-order valence-electron chi connectivity index (χ0n) is 13.2. The van der Waals surface area contributed by atoms with Gasteiger partial charge in [0.2, 0.25) is 0 Å². The van der Waals surface area contributed by atoms with Crippen molar-refractivity contribution in [3.63, 3.8) is 0 Å². The molecule has 1 rings (SSSR count). The predicted molar refractivity (Wildman–Crippen MR) is 84.7 cm³/mol. The van der Waals surface area contributed by atoms with Crippen LogP contribution in [0.4, 0.5) is 0 Å². The molecule has 116 valence electrons. The Morgan fingerprint density at radius 2 is 1.80 bits per heavy atom. The number of unbranched alkanes of at least 4 members (excludes halogenated alkanes) is 6. The minimum atomic E-state index is -0.0129. The van der Waals surface area contributed by atoms with Crippen molar-refractivity contribution in [3.8, 4) is 0 Å². The highest BCUT2D eigenvalue weighted by Gasteiger charge is 2.13. The molecule has 0 aliphatic carbocycles. The lowest BCUT2D eigenvalue weighted by Crippen LogP contribution is -2.15. The maximum absolute atomic E-state index is 11.6.